The van der Waals surface area contributed by atoms with E-state index in [0.717, 1.165) is 51.5 Å². The van der Waals surface area contributed by atoms with Gasteiger partial charge in [0.25, 0.3) is 0 Å². The third-order valence-electron chi connectivity index (χ3n) is 6.42. The SMILES string of the molecule is Cc1cc(-c2cnc3[nH]cc(C)c3c2)cc([C@@H]2COCCN2)c1C1CCOCC1. The Balaban J connectivity index is 1.62. The number of nitrogens with one attached hydrogen (secondary N) is 2. The quantitative estimate of drug-likeness (QED) is 0.695. The molecule has 5 rings (SSSR count). The summed E-state index contributed by atoms with van der Waals surface area (Å²) >= 11 is 0. The molecule has 0 amide bonds. The minimum Gasteiger partial charge on any atom is -0.381 e. The molecule has 2 saturated heterocycles. The molecule has 0 radical (unpaired) electrons. The molecule has 2 fully saturated rings. The highest BCUT2D eigenvalue weighted by Gasteiger charge is 2.26. The van der Waals surface area contributed by atoms with Gasteiger partial charge in [0.2, 0.25) is 0 Å². The van der Waals surface area contributed by atoms with Gasteiger partial charge in [-0.25, -0.2) is 4.98 Å². The van der Waals surface area contributed by atoms with Gasteiger partial charge in [0, 0.05) is 43.1 Å². The van der Waals surface area contributed by atoms with Crippen LogP contribution in [-0.4, -0.2) is 42.9 Å². The smallest absolute Gasteiger partial charge is 0.137 e. The minimum absolute atomic E-state index is 0.242. The lowest BCUT2D eigenvalue weighted by Crippen LogP contribution is -2.35. The number of aryl methyl sites for hydroxylation is 2. The third kappa shape index (κ3) is 3.59. The molecule has 5 heteroatoms. The molecule has 0 aliphatic carbocycles. The second-order valence-corrected chi connectivity index (χ2v) is 8.36. The van der Waals surface area contributed by atoms with Crippen LogP contribution in [0.1, 0.15) is 47.1 Å². The Hall–Kier alpha value is -2.21. The maximum absolute atomic E-state index is 5.82. The molecule has 1 aromatic carbocycles. The summed E-state index contributed by atoms with van der Waals surface area (Å²) in [6.07, 6.45) is 6.19. The summed E-state index contributed by atoms with van der Waals surface area (Å²) in [6.45, 7) is 8.51. The van der Waals surface area contributed by atoms with E-state index in [-0.39, 0.29) is 6.04 Å². The zero-order valence-corrected chi connectivity index (χ0v) is 17.3. The lowest BCUT2D eigenvalue weighted by atomic mass is 9.81. The molecule has 1 atom stereocenters. The van der Waals surface area contributed by atoms with Gasteiger partial charge in [-0.2, -0.15) is 0 Å². The number of morpholine rings is 1. The standard InChI is InChI=1S/C24H29N3O2/c1-15-9-18(19-11-20-16(2)12-26-24(20)27-13-19)10-21(22-14-29-8-5-25-22)23(15)17-3-6-28-7-4-17/h9-13,17,22,25H,3-8,14H2,1-2H3,(H,26,27)/t22-/m0/s1. The number of pyridine rings is 1. The van der Waals surface area contributed by atoms with Crippen LogP contribution < -0.4 is 5.32 Å². The number of H-pyrrole nitrogens is 1. The first kappa shape index (κ1) is 18.8. The number of hydrogen-bond donors (Lipinski definition) is 2. The van der Waals surface area contributed by atoms with Crippen molar-refractivity contribution in [2.24, 2.45) is 0 Å². The van der Waals surface area contributed by atoms with Crippen LogP contribution >= 0.6 is 0 Å². The third-order valence-corrected chi connectivity index (χ3v) is 6.42. The largest absolute Gasteiger partial charge is 0.381 e. The molecular formula is C24H29N3O2. The fraction of sp³-hybridized carbons (Fsp3) is 0.458. The summed E-state index contributed by atoms with van der Waals surface area (Å²) in [5.41, 5.74) is 8.82. The van der Waals surface area contributed by atoms with Crippen LogP contribution in [0.15, 0.2) is 30.6 Å². The first-order valence-corrected chi connectivity index (χ1v) is 10.7. The van der Waals surface area contributed by atoms with E-state index in [1.165, 1.54) is 38.8 Å². The molecule has 4 heterocycles. The molecule has 0 bridgehead atoms. The van der Waals surface area contributed by atoms with E-state index in [9.17, 15) is 0 Å². The number of aromatic nitrogens is 2. The molecular weight excluding hydrogens is 362 g/mol. The van der Waals surface area contributed by atoms with Crippen molar-refractivity contribution in [1.82, 2.24) is 15.3 Å². The van der Waals surface area contributed by atoms with E-state index in [1.54, 1.807) is 0 Å². The van der Waals surface area contributed by atoms with Crippen LogP contribution in [0.4, 0.5) is 0 Å². The Morgan fingerprint density at radius 2 is 1.83 bits per heavy atom. The Bertz CT molecular complexity index is 1010. The summed E-state index contributed by atoms with van der Waals surface area (Å²) in [7, 11) is 0. The number of aromatic amines is 1. The van der Waals surface area contributed by atoms with Gasteiger partial charge in [-0.05, 0) is 72.6 Å². The molecule has 2 aromatic heterocycles. The fourth-order valence-corrected chi connectivity index (χ4v) is 4.88. The van der Waals surface area contributed by atoms with Gasteiger partial charge in [0.15, 0.2) is 0 Å². The topological polar surface area (TPSA) is 59.2 Å². The molecule has 0 spiro atoms. The highest BCUT2D eigenvalue weighted by atomic mass is 16.5. The Morgan fingerprint density at radius 1 is 0.966 bits per heavy atom. The fourth-order valence-electron chi connectivity index (χ4n) is 4.88. The first-order valence-electron chi connectivity index (χ1n) is 10.7. The monoisotopic (exact) mass is 391 g/mol. The molecule has 152 valence electrons. The van der Waals surface area contributed by atoms with E-state index >= 15 is 0 Å². The van der Waals surface area contributed by atoms with Gasteiger partial charge in [-0.1, -0.05) is 6.07 Å². The van der Waals surface area contributed by atoms with Crippen LogP contribution in [0.25, 0.3) is 22.2 Å². The number of fused-ring (bicyclic) bond motifs is 1. The molecule has 2 aliphatic rings. The van der Waals surface area contributed by atoms with Crippen molar-refractivity contribution in [3.8, 4) is 11.1 Å². The highest BCUT2D eigenvalue weighted by molar-refractivity contribution is 5.84. The minimum atomic E-state index is 0.242. The number of hydrogen-bond acceptors (Lipinski definition) is 4. The Morgan fingerprint density at radius 3 is 2.62 bits per heavy atom. The number of benzene rings is 1. The molecule has 0 saturated carbocycles. The lowest BCUT2D eigenvalue weighted by Gasteiger charge is -2.32. The Kier molecular flexibility index (Phi) is 5.12. The zero-order chi connectivity index (χ0) is 19.8. The maximum atomic E-state index is 5.82. The van der Waals surface area contributed by atoms with Crippen molar-refractivity contribution in [1.29, 1.82) is 0 Å². The number of rotatable bonds is 3. The van der Waals surface area contributed by atoms with E-state index in [4.69, 9.17) is 9.47 Å². The highest BCUT2D eigenvalue weighted by Crippen LogP contribution is 2.38. The predicted molar refractivity (Wildman–Crippen MR) is 115 cm³/mol. The maximum Gasteiger partial charge on any atom is 0.137 e. The zero-order valence-electron chi connectivity index (χ0n) is 17.3. The Labute approximate surface area is 171 Å². The van der Waals surface area contributed by atoms with E-state index in [2.05, 4.69) is 47.3 Å². The van der Waals surface area contributed by atoms with Gasteiger partial charge in [-0.15, -0.1) is 0 Å². The van der Waals surface area contributed by atoms with E-state index in [0.29, 0.717) is 5.92 Å². The van der Waals surface area contributed by atoms with Crippen molar-refractivity contribution in [3.05, 3.63) is 52.8 Å². The van der Waals surface area contributed by atoms with Crippen molar-refractivity contribution in [3.63, 3.8) is 0 Å². The van der Waals surface area contributed by atoms with Gasteiger partial charge >= 0.3 is 0 Å². The average Bonchev–Trinajstić information content (AvgIpc) is 3.14. The van der Waals surface area contributed by atoms with Crippen LogP contribution in [0.2, 0.25) is 0 Å². The van der Waals surface area contributed by atoms with Crippen molar-refractivity contribution >= 4 is 11.0 Å². The van der Waals surface area contributed by atoms with Gasteiger partial charge in [-0.3, -0.25) is 0 Å². The summed E-state index contributed by atoms with van der Waals surface area (Å²) in [4.78, 5) is 7.89. The molecule has 3 aromatic rings. The summed E-state index contributed by atoms with van der Waals surface area (Å²) < 4.78 is 11.5. The average molecular weight is 392 g/mol. The molecule has 29 heavy (non-hydrogen) atoms. The summed E-state index contributed by atoms with van der Waals surface area (Å²) in [6, 6.07) is 7.20. The molecule has 2 N–H and O–H groups in total. The second-order valence-electron chi connectivity index (χ2n) is 8.36. The van der Waals surface area contributed by atoms with Crippen molar-refractivity contribution < 1.29 is 9.47 Å². The van der Waals surface area contributed by atoms with Gasteiger partial charge in [0.1, 0.15) is 5.65 Å². The van der Waals surface area contributed by atoms with Crippen LogP contribution in [0.5, 0.6) is 0 Å². The molecule has 0 unspecified atom stereocenters. The van der Waals surface area contributed by atoms with Crippen molar-refractivity contribution in [2.45, 2.75) is 38.6 Å². The van der Waals surface area contributed by atoms with Crippen LogP contribution in [0.3, 0.4) is 0 Å². The molecule has 2 aliphatic heterocycles. The normalized spacial score (nSPS) is 21.0. The molecule has 5 nitrogen and oxygen atoms in total. The predicted octanol–water partition coefficient (Wildman–Crippen LogP) is 4.40. The second kappa shape index (κ2) is 7.90. The van der Waals surface area contributed by atoms with E-state index < -0.39 is 0 Å². The van der Waals surface area contributed by atoms with Crippen molar-refractivity contribution in [2.75, 3.05) is 33.0 Å². The number of nitrogens with zero attached hydrogens (tertiary/aromatic N) is 1. The number of ether oxygens (including phenoxy) is 2. The first-order chi connectivity index (χ1) is 14.2. The lowest BCUT2D eigenvalue weighted by molar-refractivity contribution is 0.0739. The summed E-state index contributed by atoms with van der Waals surface area (Å²) in [5.74, 6) is 0.559. The van der Waals surface area contributed by atoms with Gasteiger partial charge < -0.3 is 19.8 Å². The summed E-state index contributed by atoms with van der Waals surface area (Å²) in [5, 5.41) is 4.87. The van der Waals surface area contributed by atoms with Gasteiger partial charge in [0.05, 0.1) is 19.3 Å². The van der Waals surface area contributed by atoms with Crippen LogP contribution in [-0.2, 0) is 9.47 Å². The van der Waals surface area contributed by atoms with E-state index in [1.807, 2.05) is 12.4 Å². The van der Waals surface area contributed by atoms with Crippen LogP contribution in [0, 0.1) is 13.8 Å².